The van der Waals surface area contributed by atoms with Crippen LogP contribution in [0.1, 0.15) is 50.4 Å². The van der Waals surface area contributed by atoms with Crippen molar-refractivity contribution in [2.45, 2.75) is 58.4 Å². The molecule has 7 nitrogen and oxygen atoms in total. The van der Waals surface area contributed by atoms with Gasteiger partial charge in [0.2, 0.25) is 12.3 Å². The molecule has 3 unspecified atom stereocenters. The van der Waals surface area contributed by atoms with Crippen LogP contribution in [-0.4, -0.2) is 60.0 Å². The number of methoxy groups -OCH3 is 1. The van der Waals surface area contributed by atoms with E-state index in [4.69, 9.17) is 0 Å². The summed E-state index contributed by atoms with van der Waals surface area (Å²) in [6, 6.07) is 6.39. The highest BCUT2D eigenvalue weighted by molar-refractivity contribution is 5.79. The van der Waals surface area contributed by atoms with Crippen molar-refractivity contribution < 1.29 is 14.3 Å². The molecule has 0 radical (unpaired) electrons. The molecule has 3 heterocycles. The zero-order valence-corrected chi connectivity index (χ0v) is 20.6. The largest absolute Gasteiger partial charge is 0.388 e. The molecule has 1 N–H and O–H groups in total. The van der Waals surface area contributed by atoms with Gasteiger partial charge in [0.05, 0.1) is 12.1 Å². The lowest BCUT2D eigenvalue weighted by Gasteiger charge is -2.20. The molecule has 0 aromatic carbocycles. The fourth-order valence-electron chi connectivity index (χ4n) is 4.26. The number of nitrogens with zero attached hydrogens (tertiary/aromatic N) is 3. The standard InChI is InChI=1S/C15H19N3O.C9H15NO.C2H6O/c1-11-6-4-8-17(11)15(19)9-13-10-18-12(2)5-3-7-14(18)16-13;1-2-8-6-9(8)4-3-5-10-7-11;1-3-2/h3,5,7,10-11H,4,6,8-9H2,1-2H3;2,7-9H,1,3-6H2,(H,10,11);1-2H3. The predicted octanol–water partition coefficient (Wildman–Crippen LogP) is 3.79. The fourth-order valence-corrected chi connectivity index (χ4v) is 4.26. The summed E-state index contributed by atoms with van der Waals surface area (Å²) in [6.45, 7) is 9.63. The Morgan fingerprint density at radius 3 is 2.70 bits per heavy atom. The van der Waals surface area contributed by atoms with Crippen LogP contribution in [0.15, 0.2) is 37.1 Å². The van der Waals surface area contributed by atoms with Crippen molar-refractivity contribution in [2.24, 2.45) is 11.8 Å². The van der Waals surface area contributed by atoms with Gasteiger partial charge in [-0.05, 0) is 69.9 Å². The smallest absolute Gasteiger partial charge is 0.228 e. The number of pyridine rings is 1. The molecule has 182 valence electrons. The third-order valence-corrected chi connectivity index (χ3v) is 6.21. The minimum absolute atomic E-state index is 0.200. The van der Waals surface area contributed by atoms with Crippen LogP contribution in [0.25, 0.3) is 5.65 Å². The number of nitrogens with one attached hydrogen (secondary N) is 1. The van der Waals surface area contributed by atoms with E-state index in [1.54, 1.807) is 14.2 Å². The Morgan fingerprint density at radius 1 is 1.36 bits per heavy atom. The fraction of sp³-hybridized carbons (Fsp3) is 0.577. The van der Waals surface area contributed by atoms with Gasteiger partial charge in [0.15, 0.2) is 0 Å². The lowest BCUT2D eigenvalue weighted by molar-refractivity contribution is -0.131. The van der Waals surface area contributed by atoms with Crippen LogP contribution in [0.3, 0.4) is 0 Å². The van der Waals surface area contributed by atoms with Gasteiger partial charge in [0.25, 0.3) is 0 Å². The van der Waals surface area contributed by atoms with Gasteiger partial charge in [-0.3, -0.25) is 9.59 Å². The van der Waals surface area contributed by atoms with E-state index in [-0.39, 0.29) is 5.91 Å². The van der Waals surface area contributed by atoms with Gasteiger partial charge < -0.3 is 19.4 Å². The molecule has 1 aliphatic carbocycles. The second-order valence-electron chi connectivity index (χ2n) is 8.90. The number of hydrogen-bond acceptors (Lipinski definition) is 4. The summed E-state index contributed by atoms with van der Waals surface area (Å²) in [5.41, 5.74) is 2.91. The Morgan fingerprint density at radius 2 is 2.12 bits per heavy atom. The third kappa shape index (κ3) is 8.31. The first-order valence-electron chi connectivity index (χ1n) is 11.9. The lowest BCUT2D eigenvalue weighted by atomic mass is 10.2. The first kappa shape index (κ1) is 26.6. The van der Waals surface area contributed by atoms with Crippen LogP contribution in [-0.2, 0) is 20.7 Å². The second kappa shape index (κ2) is 13.8. The number of ether oxygens (including phenoxy) is 1. The minimum Gasteiger partial charge on any atom is -0.388 e. The number of aryl methyl sites for hydroxylation is 1. The van der Waals surface area contributed by atoms with Crippen LogP contribution in [0.2, 0.25) is 0 Å². The van der Waals surface area contributed by atoms with E-state index in [1.165, 1.54) is 12.8 Å². The van der Waals surface area contributed by atoms with Gasteiger partial charge in [0, 0.05) is 45.2 Å². The zero-order chi connectivity index (χ0) is 24.2. The van der Waals surface area contributed by atoms with Crippen LogP contribution in [0, 0.1) is 18.8 Å². The molecule has 2 amide bonds. The molecule has 2 fully saturated rings. The van der Waals surface area contributed by atoms with Crippen molar-refractivity contribution in [3.63, 3.8) is 0 Å². The number of allylic oxidation sites excluding steroid dienone is 1. The average molecular weight is 457 g/mol. The molecule has 7 heteroatoms. The molecule has 1 aliphatic heterocycles. The number of fused-ring (bicyclic) bond motifs is 1. The maximum atomic E-state index is 12.3. The SMILES string of the molecule is C=CC1CC1CCCNC=O.COC.Cc1cccc2nc(CC(=O)N3CCCC3C)cn12. The third-order valence-electron chi connectivity index (χ3n) is 6.21. The van der Waals surface area contributed by atoms with Crippen LogP contribution < -0.4 is 5.32 Å². The molecular formula is C26H40N4O3. The van der Waals surface area contributed by atoms with E-state index in [1.807, 2.05) is 46.7 Å². The van der Waals surface area contributed by atoms with E-state index in [0.717, 1.165) is 67.6 Å². The summed E-state index contributed by atoms with van der Waals surface area (Å²) < 4.78 is 6.29. The predicted molar refractivity (Wildman–Crippen MR) is 132 cm³/mol. The highest BCUT2D eigenvalue weighted by Gasteiger charge is 2.33. The normalized spacial score (nSPS) is 20.8. The molecule has 0 bridgehead atoms. The van der Waals surface area contributed by atoms with Gasteiger partial charge in [-0.2, -0.15) is 0 Å². The van der Waals surface area contributed by atoms with Crippen molar-refractivity contribution >= 4 is 18.0 Å². The number of aromatic nitrogens is 2. The number of likely N-dealkylation sites (tertiary alicyclic amines) is 1. The van der Waals surface area contributed by atoms with Crippen molar-refractivity contribution in [3.05, 3.63) is 48.4 Å². The minimum atomic E-state index is 0.200. The quantitative estimate of drug-likeness (QED) is 0.372. The van der Waals surface area contributed by atoms with Crippen molar-refractivity contribution in [2.75, 3.05) is 27.3 Å². The topological polar surface area (TPSA) is 75.9 Å². The number of rotatable bonds is 8. The summed E-state index contributed by atoms with van der Waals surface area (Å²) in [7, 11) is 3.25. The van der Waals surface area contributed by atoms with Gasteiger partial charge in [-0.15, -0.1) is 6.58 Å². The molecule has 4 rings (SSSR count). The van der Waals surface area contributed by atoms with Crippen LogP contribution in [0.4, 0.5) is 0 Å². The highest BCUT2D eigenvalue weighted by atomic mass is 16.4. The molecule has 3 atom stereocenters. The van der Waals surface area contributed by atoms with E-state index in [2.05, 4.69) is 28.5 Å². The number of amides is 2. The van der Waals surface area contributed by atoms with Crippen molar-refractivity contribution in [1.29, 1.82) is 0 Å². The zero-order valence-electron chi connectivity index (χ0n) is 20.6. The molecule has 2 aliphatic rings. The molecule has 2 aromatic rings. The lowest BCUT2D eigenvalue weighted by Crippen LogP contribution is -2.34. The van der Waals surface area contributed by atoms with E-state index in [9.17, 15) is 9.59 Å². The summed E-state index contributed by atoms with van der Waals surface area (Å²) in [6.07, 6.45) is 11.1. The molecule has 2 aromatic heterocycles. The molecule has 0 spiro atoms. The van der Waals surface area contributed by atoms with Crippen LogP contribution in [0.5, 0.6) is 0 Å². The first-order chi connectivity index (χ1) is 15.9. The monoisotopic (exact) mass is 456 g/mol. The Kier molecular flexibility index (Phi) is 11.1. The molecule has 1 saturated carbocycles. The Balaban J connectivity index is 0.000000234. The summed E-state index contributed by atoms with van der Waals surface area (Å²) in [4.78, 5) is 28.6. The van der Waals surface area contributed by atoms with E-state index in [0.29, 0.717) is 12.5 Å². The Hall–Kier alpha value is -2.67. The molecule has 33 heavy (non-hydrogen) atoms. The van der Waals surface area contributed by atoms with Gasteiger partial charge >= 0.3 is 0 Å². The van der Waals surface area contributed by atoms with Crippen LogP contribution >= 0.6 is 0 Å². The summed E-state index contributed by atoms with van der Waals surface area (Å²) in [5.74, 6) is 1.83. The van der Waals surface area contributed by atoms with E-state index >= 15 is 0 Å². The Bertz CT molecular complexity index is 895. The maximum absolute atomic E-state index is 12.3. The van der Waals surface area contributed by atoms with Gasteiger partial charge in [-0.1, -0.05) is 12.1 Å². The Labute approximate surface area is 198 Å². The first-order valence-corrected chi connectivity index (χ1v) is 11.9. The van der Waals surface area contributed by atoms with Crippen molar-refractivity contribution in [1.82, 2.24) is 19.6 Å². The number of carbonyl (C=O) groups is 2. The number of hydrogen-bond donors (Lipinski definition) is 1. The summed E-state index contributed by atoms with van der Waals surface area (Å²) >= 11 is 0. The molecular weight excluding hydrogens is 416 g/mol. The van der Waals surface area contributed by atoms with E-state index < -0.39 is 0 Å². The maximum Gasteiger partial charge on any atom is 0.228 e. The number of carbonyl (C=O) groups excluding carboxylic acids is 2. The summed E-state index contributed by atoms with van der Waals surface area (Å²) in [5, 5.41) is 2.66. The van der Waals surface area contributed by atoms with Gasteiger partial charge in [0.1, 0.15) is 5.65 Å². The highest BCUT2D eigenvalue weighted by Crippen LogP contribution is 2.42. The van der Waals surface area contributed by atoms with Crippen molar-refractivity contribution in [3.8, 4) is 0 Å². The molecule has 1 saturated heterocycles. The average Bonchev–Trinajstić information content (AvgIpc) is 3.19. The van der Waals surface area contributed by atoms with Gasteiger partial charge in [-0.25, -0.2) is 4.98 Å². The second-order valence-corrected chi connectivity index (χ2v) is 8.90. The number of imidazole rings is 1.